The van der Waals surface area contributed by atoms with Gasteiger partial charge in [-0.2, -0.15) is 0 Å². The zero-order valence-corrected chi connectivity index (χ0v) is 19.3. The van der Waals surface area contributed by atoms with Gasteiger partial charge in [0.2, 0.25) is 0 Å². The van der Waals surface area contributed by atoms with Gasteiger partial charge in [0, 0.05) is 11.4 Å². The Labute approximate surface area is 180 Å². The van der Waals surface area contributed by atoms with Crippen LogP contribution in [0.2, 0.25) is 0 Å². The van der Waals surface area contributed by atoms with E-state index >= 15 is 0 Å². The van der Waals surface area contributed by atoms with E-state index in [1.54, 1.807) is 11.1 Å². The van der Waals surface area contributed by atoms with E-state index in [9.17, 15) is 0 Å². The van der Waals surface area contributed by atoms with Crippen LogP contribution in [0, 0.1) is 11.8 Å². The van der Waals surface area contributed by atoms with Crippen LogP contribution < -0.4 is 5.32 Å². The molecule has 0 atom stereocenters. The Morgan fingerprint density at radius 3 is 1.86 bits per heavy atom. The highest BCUT2D eigenvalue weighted by molar-refractivity contribution is 5.64. The maximum Gasteiger partial charge on any atom is 0.0419 e. The standard InChI is InChI=1S/C28H43N/c1-23(2)15-8-5-10-17-25-18-14-22-28(29-26-19-11-7-12-20-26)27(25)21-13-6-9-16-24(3)4/h7,11-12,14,18-20,22-24,29H,5-6,8-10,13,15-17,21H2,1-4H3. The molecular formula is C28H43N. The van der Waals surface area contributed by atoms with Crippen molar-refractivity contribution in [2.45, 2.75) is 91.9 Å². The van der Waals surface area contributed by atoms with Crippen LogP contribution in [0.15, 0.2) is 48.5 Å². The molecule has 1 N–H and O–H groups in total. The summed E-state index contributed by atoms with van der Waals surface area (Å²) in [5.41, 5.74) is 5.59. The second-order valence-corrected chi connectivity index (χ2v) is 9.42. The van der Waals surface area contributed by atoms with Gasteiger partial charge in [-0.15, -0.1) is 0 Å². The highest BCUT2D eigenvalue weighted by atomic mass is 14.9. The lowest BCUT2D eigenvalue weighted by atomic mass is 9.94. The second kappa shape index (κ2) is 13.5. The first-order chi connectivity index (χ1) is 14.1. The Kier molecular flexibility index (Phi) is 10.9. The lowest BCUT2D eigenvalue weighted by Gasteiger charge is -2.17. The minimum Gasteiger partial charge on any atom is -0.355 e. The Balaban J connectivity index is 2.01. The minimum absolute atomic E-state index is 0.823. The molecule has 29 heavy (non-hydrogen) atoms. The van der Waals surface area contributed by atoms with Crippen molar-refractivity contribution >= 4 is 11.4 Å². The van der Waals surface area contributed by atoms with E-state index in [4.69, 9.17) is 0 Å². The minimum atomic E-state index is 0.823. The molecular weight excluding hydrogens is 350 g/mol. The quantitative estimate of drug-likeness (QED) is 0.316. The molecule has 2 rings (SSSR count). The van der Waals surface area contributed by atoms with Gasteiger partial charge in [-0.1, -0.05) is 96.6 Å². The molecule has 1 nitrogen and oxygen atoms in total. The van der Waals surface area contributed by atoms with E-state index in [1.807, 2.05) is 0 Å². The third-order valence-corrected chi connectivity index (χ3v) is 5.76. The van der Waals surface area contributed by atoms with Crippen molar-refractivity contribution in [1.82, 2.24) is 0 Å². The average molecular weight is 394 g/mol. The van der Waals surface area contributed by atoms with Crippen molar-refractivity contribution in [2.75, 3.05) is 5.32 Å². The van der Waals surface area contributed by atoms with Crippen LogP contribution >= 0.6 is 0 Å². The topological polar surface area (TPSA) is 12.0 Å². The summed E-state index contributed by atoms with van der Waals surface area (Å²) in [6, 6.07) is 17.5. The zero-order chi connectivity index (χ0) is 20.9. The smallest absolute Gasteiger partial charge is 0.0419 e. The molecule has 0 amide bonds. The van der Waals surface area contributed by atoms with E-state index < -0.39 is 0 Å². The van der Waals surface area contributed by atoms with Crippen LogP contribution in [-0.2, 0) is 12.8 Å². The molecule has 0 aliphatic heterocycles. The highest BCUT2D eigenvalue weighted by Gasteiger charge is 2.09. The van der Waals surface area contributed by atoms with E-state index in [1.165, 1.54) is 75.6 Å². The van der Waals surface area contributed by atoms with E-state index in [0.717, 1.165) is 11.8 Å². The summed E-state index contributed by atoms with van der Waals surface area (Å²) in [5.74, 6) is 1.65. The average Bonchev–Trinajstić information content (AvgIpc) is 2.69. The van der Waals surface area contributed by atoms with Gasteiger partial charge in [-0.3, -0.25) is 0 Å². The summed E-state index contributed by atoms with van der Waals surface area (Å²) in [6.07, 6.45) is 13.1. The van der Waals surface area contributed by atoms with Gasteiger partial charge in [0.25, 0.3) is 0 Å². The number of nitrogens with one attached hydrogen (secondary N) is 1. The van der Waals surface area contributed by atoms with Crippen LogP contribution in [0.1, 0.15) is 90.2 Å². The fourth-order valence-corrected chi connectivity index (χ4v) is 4.03. The SMILES string of the molecule is CC(C)CCCCCc1cccc(Nc2ccccc2)c1CCCCCC(C)C. The summed E-state index contributed by atoms with van der Waals surface area (Å²) >= 11 is 0. The number of unbranched alkanes of at least 4 members (excludes halogenated alkanes) is 4. The molecule has 0 saturated carbocycles. The Bertz CT molecular complexity index is 672. The van der Waals surface area contributed by atoms with Gasteiger partial charge < -0.3 is 5.32 Å². The molecule has 0 spiro atoms. The number of benzene rings is 2. The molecule has 0 fully saturated rings. The Morgan fingerprint density at radius 1 is 0.621 bits per heavy atom. The van der Waals surface area contributed by atoms with Crippen molar-refractivity contribution in [3.8, 4) is 0 Å². The molecule has 2 aromatic rings. The van der Waals surface area contributed by atoms with Gasteiger partial charge >= 0.3 is 0 Å². The lowest BCUT2D eigenvalue weighted by Crippen LogP contribution is -2.02. The summed E-state index contributed by atoms with van der Waals surface area (Å²) in [5, 5.41) is 3.69. The fraction of sp³-hybridized carbons (Fsp3) is 0.571. The number of rotatable bonds is 14. The van der Waals surface area contributed by atoms with Crippen LogP contribution in [0.25, 0.3) is 0 Å². The normalized spacial score (nSPS) is 11.4. The van der Waals surface area contributed by atoms with Crippen molar-refractivity contribution in [1.29, 1.82) is 0 Å². The summed E-state index contributed by atoms with van der Waals surface area (Å²) < 4.78 is 0. The molecule has 0 radical (unpaired) electrons. The Hall–Kier alpha value is -1.76. The van der Waals surface area contributed by atoms with Crippen molar-refractivity contribution < 1.29 is 0 Å². The third kappa shape index (κ3) is 9.52. The zero-order valence-electron chi connectivity index (χ0n) is 19.3. The molecule has 0 aromatic heterocycles. The van der Waals surface area contributed by atoms with Gasteiger partial charge in [0.05, 0.1) is 0 Å². The van der Waals surface area contributed by atoms with Crippen molar-refractivity contribution in [3.05, 3.63) is 59.7 Å². The molecule has 0 saturated heterocycles. The number of anilines is 2. The van der Waals surface area contributed by atoms with Crippen LogP contribution in [-0.4, -0.2) is 0 Å². The largest absolute Gasteiger partial charge is 0.355 e. The molecule has 0 heterocycles. The first-order valence-electron chi connectivity index (χ1n) is 12.0. The summed E-state index contributed by atoms with van der Waals surface area (Å²) in [6.45, 7) is 9.32. The maximum atomic E-state index is 3.69. The molecule has 2 aromatic carbocycles. The van der Waals surface area contributed by atoms with Gasteiger partial charge in [0.1, 0.15) is 0 Å². The number of para-hydroxylation sites is 1. The fourth-order valence-electron chi connectivity index (χ4n) is 4.03. The Morgan fingerprint density at radius 2 is 1.24 bits per heavy atom. The monoisotopic (exact) mass is 393 g/mol. The molecule has 0 aliphatic carbocycles. The molecule has 1 heteroatoms. The van der Waals surface area contributed by atoms with Crippen LogP contribution in [0.5, 0.6) is 0 Å². The summed E-state index contributed by atoms with van der Waals surface area (Å²) in [7, 11) is 0. The lowest BCUT2D eigenvalue weighted by molar-refractivity contribution is 0.524. The van der Waals surface area contributed by atoms with E-state index in [-0.39, 0.29) is 0 Å². The van der Waals surface area contributed by atoms with Crippen LogP contribution in [0.4, 0.5) is 11.4 Å². The summed E-state index contributed by atoms with van der Waals surface area (Å²) in [4.78, 5) is 0. The van der Waals surface area contributed by atoms with E-state index in [2.05, 4.69) is 81.5 Å². The van der Waals surface area contributed by atoms with Gasteiger partial charge in [-0.05, 0) is 66.8 Å². The number of aryl methyl sites for hydroxylation is 1. The first kappa shape index (κ1) is 23.5. The maximum absolute atomic E-state index is 3.69. The van der Waals surface area contributed by atoms with Gasteiger partial charge in [0.15, 0.2) is 0 Å². The first-order valence-corrected chi connectivity index (χ1v) is 12.0. The second-order valence-electron chi connectivity index (χ2n) is 9.42. The molecule has 160 valence electrons. The van der Waals surface area contributed by atoms with Crippen LogP contribution in [0.3, 0.4) is 0 Å². The third-order valence-electron chi connectivity index (χ3n) is 5.76. The number of hydrogen-bond donors (Lipinski definition) is 1. The molecule has 0 unspecified atom stereocenters. The number of hydrogen-bond acceptors (Lipinski definition) is 1. The van der Waals surface area contributed by atoms with E-state index in [0.29, 0.717) is 0 Å². The molecule has 0 aliphatic rings. The van der Waals surface area contributed by atoms with Crippen molar-refractivity contribution in [2.24, 2.45) is 11.8 Å². The predicted octanol–water partition coefficient (Wildman–Crippen LogP) is 8.95. The molecule has 0 bridgehead atoms. The highest BCUT2D eigenvalue weighted by Crippen LogP contribution is 2.27. The van der Waals surface area contributed by atoms with Gasteiger partial charge in [-0.25, -0.2) is 0 Å². The van der Waals surface area contributed by atoms with Crippen molar-refractivity contribution in [3.63, 3.8) is 0 Å². The predicted molar refractivity (Wildman–Crippen MR) is 130 cm³/mol.